The fraction of sp³-hybridized carbons (Fsp3) is 0. The van der Waals surface area contributed by atoms with Crippen molar-refractivity contribution >= 4 is 50.9 Å². The van der Waals surface area contributed by atoms with Crippen LogP contribution in [0.3, 0.4) is 0 Å². The van der Waals surface area contributed by atoms with Crippen LogP contribution in [0.2, 0.25) is 0 Å². The lowest BCUT2D eigenvalue weighted by molar-refractivity contribution is 0.0697. The number of nitrogens with one attached hydrogen (secondary N) is 1. The SMILES string of the molecule is O=C(O)c1ccc2c(=O)[nH]c(/C(Cl)=C\c3ccsc3)nc2c1. The highest BCUT2D eigenvalue weighted by Crippen LogP contribution is 2.21. The number of aromatic nitrogens is 2. The third-order valence-electron chi connectivity index (χ3n) is 3.02. The first-order chi connectivity index (χ1) is 10.5. The van der Waals surface area contributed by atoms with Crippen LogP contribution in [0.4, 0.5) is 0 Å². The van der Waals surface area contributed by atoms with Crippen molar-refractivity contribution in [2.24, 2.45) is 0 Å². The first-order valence-electron chi connectivity index (χ1n) is 6.22. The van der Waals surface area contributed by atoms with Gasteiger partial charge >= 0.3 is 5.97 Å². The molecule has 1 aromatic carbocycles. The van der Waals surface area contributed by atoms with Gasteiger partial charge in [-0.05, 0) is 46.7 Å². The monoisotopic (exact) mass is 332 g/mol. The number of fused-ring (bicyclic) bond motifs is 1. The van der Waals surface area contributed by atoms with Crippen molar-refractivity contribution in [3.8, 4) is 0 Å². The lowest BCUT2D eigenvalue weighted by Gasteiger charge is -2.03. The summed E-state index contributed by atoms with van der Waals surface area (Å²) in [5.74, 6) is -0.877. The van der Waals surface area contributed by atoms with Crippen molar-refractivity contribution in [2.75, 3.05) is 0 Å². The van der Waals surface area contributed by atoms with Crippen LogP contribution >= 0.6 is 22.9 Å². The zero-order valence-electron chi connectivity index (χ0n) is 11.0. The number of carboxylic acid groups (broad SMARTS) is 1. The van der Waals surface area contributed by atoms with Crippen LogP contribution in [0.15, 0.2) is 39.8 Å². The number of rotatable bonds is 3. The Balaban J connectivity index is 2.15. The molecule has 0 fully saturated rings. The number of carbonyl (C=O) groups is 1. The van der Waals surface area contributed by atoms with Crippen LogP contribution in [0.5, 0.6) is 0 Å². The molecule has 22 heavy (non-hydrogen) atoms. The third-order valence-corrected chi connectivity index (χ3v) is 4.01. The normalized spacial score (nSPS) is 11.8. The second-order valence-corrected chi connectivity index (χ2v) is 5.69. The lowest BCUT2D eigenvalue weighted by atomic mass is 10.1. The Morgan fingerprint density at radius 1 is 1.36 bits per heavy atom. The highest BCUT2D eigenvalue weighted by atomic mass is 35.5. The number of hydrogen-bond acceptors (Lipinski definition) is 4. The number of H-pyrrole nitrogens is 1. The predicted octanol–water partition coefficient (Wildman–Crippen LogP) is 3.42. The minimum atomic E-state index is -1.08. The average Bonchev–Trinajstić information content (AvgIpc) is 2.99. The molecule has 3 aromatic rings. The molecular formula is C15H9ClN2O3S. The number of benzene rings is 1. The minimum Gasteiger partial charge on any atom is -0.478 e. The smallest absolute Gasteiger partial charge is 0.335 e. The lowest BCUT2D eigenvalue weighted by Crippen LogP contribution is -2.11. The van der Waals surface area contributed by atoms with Gasteiger partial charge < -0.3 is 10.1 Å². The third kappa shape index (κ3) is 2.79. The Kier molecular flexibility index (Phi) is 3.79. The van der Waals surface area contributed by atoms with Gasteiger partial charge in [0.15, 0.2) is 5.82 Å². The van der Waals surface area contributed by atoms with E-state index in [-0.39, 0.29) is 27.5 Å². The molecule has 110 valence electrons. The first-order valence-corrected chi connectivity index (χ1v) is 7.54. The van der Waals surface area contributed by atoms with Gasteiger partial charge in [-0.25, -0.2) is 9.78 Å². The number of thiophene rings is 1. The van der Waals surface area contributed by atoms with Crippen molar-refractivity contribution < 1.29 is 9.90 Å². The van der Waals surface area contributed by atoms with Gasteiger partial charge in [-0.1, -0.05) is 11.6 Å². The maximum absolute atomic E-state index is 12.1. The number of carboxylic acids is 1. The summed E-state index contributed by atoms with van der Waals surface area (Å²) >= 11 is 7.72. The van der Waals surface area contributed by atoms with Crippen molar-refractivity contribution in [2.45, 2.75) is 0 Å². The van der Waals surface area contributed by atoms with E-state index in [1.165, 1.54) is 29.5 Å². The van der Waals surface area contributed by atoms with Crippen LogP contribution in [-0.4, -0.2) is 21.0 Å². The maximum atomic E-state index is 12.1. The molecular weight excluding hydrogens is 324 g/mol. The van der Waals surface area contributed by atoms with Gasteiger partial charge in [0.05, 0.1) is 21.5 Å². The highest BCUT2D eigenvalue weighted by molar-refractivity contribution is 7.08. The van der Waals surface area contributed by atoms with Crippen molar-refractivity contribution in [3.63, 3.8) is 0 Å². The number of aromatic carboxylic acids is 1. The fourth-order valence-corrected chi connectivity index (χ4v) is 2.79. The molecule has 7 heteroatoms. The minimum absolute atomic E-state index is 0.0643. The van der Waals surface area contributed by atoms with Crippen LogP contribution in [0.1, 0.15) is 21.7 Å². The van der Waals surface area contributed by atoms with Crippen LogP contribution in [-0.2, 0) is 0 Å². The van der Waals surface area contributed by atoms with Crippen molar-refractivity contribution in [1.82, 2.24) is 9.97 Å². The zero-order chi connectivity index (χ0) is 15.7. The molecule has 0 aliphatic heterocycles. The van der Waals surface area contributed by atoms with E-state index in [1.54, 1.807) is 6.08 Å². The molecule has 2 aromatic heterocycles. The van der Waals surface area contributed by atoms with E-state index in [1.807, 2.05) is 16.8 Å². The molecule has 2 heterocycles. The molecule has 3 rings (SSSR count). The van der Waals surface area contributed by atoms with E-state index in [4.69, 9.17) is 16.7 Å². The van der Waals surface area contributed by atoms with Crippen molar-refractivity contribution in [1.29, 1.82) is 0 Å². The summed E-state index contributed by atoms with van der Waals surface area (Å²) in [7, 11) is 0. The molecule has 0 aliphatic carbocycles. The summed E-state index contributed by atoms with van der Waals surface area (Å²) in [5, 5.41) is 13.4. The van der Waals surface area contributed by atoms with Crippen molar-refractivity contribution in [3.05, 3.63) is 62.3 Å². The van der Waals surface area contributed by atoms with E-state index < -0.39 is 5.97 Å². The van der Waals surface area contributed by atoms with E-state index in [0.29, 0.717) is 5.39 Å². The number of halogens is 1. The van der Waals surface area contributed by atoms with Gasteiger partial charge in [0.2, 0.25) is 0 Å². The van der Waals surface area contributed by atoms with E-state index in [2.05, 4.69) is 9.97 Å². The van der Waals surface area contributed by atoms with Gasteiger partial charge in [0.25, 0.3) is 5.56 Å². The van der Waals surface area contributed by atoms with E-state index in [0.717, 1.165) is 5.56 Å². The molecule has 0 unspecified atom stereocenters. The Labute approximate surface area is 133 Å². The van der Waals surface area contributed by atoms with Crippen LogP contribution < -0.4 is 5.56 Å². The second-order valence-electron chi connectivity index (χ2n) is 4.50. The molecule has 5 nitrogen and oxygen atoms in total. The molecule has 2 N–H and O–H groups in total. The molecule has 0 bridgehead atoms. The molecule has 0 spiro atoms. The largest absolute Gasteiger partial charge is 0.478 e. The van der Waals surface area contributed by atoms with Crippen LogP contribution in [0, 0.1) is 0 Å². The topological polar surface area (TPSA) is 83.0 Å². The standard InChI is InChI=1S/C15H9ClN2O3S/c16-11(5-8-3-4-22-7-8)13-17-12-6-9(15(20)21)1-2-10(12)14(19)18-13/h1-7H,(H,20,21)(H,17,18,19)/b11-5+. The number of hydrogen-bond donors (Lipinski definition) is 2. The Morgan fingerprint density at radius 2 is 2.18 bits per heavy atom. The molecule has 0 aliphatic rings. The fourth-order valence-electron chi connectivity index (χ4n) is 1.96. The maximum Gasteiger partial charge on any atom is 0.335 e. The summed E-state index contributed by atoms with van der Waals surface area (Å²) < 4.78 is 0. The van der Waals surface area contributed by atoms with E-state index in [9.17, 15) is 9.59 Å². The first kappa shape index (κ1) is 14.5. The zero-order valence-corrected chi connectivity index (χ0v) is 12.6. The van der Waals surface area contributed by atoms with Gasteiger partial charge in [-0.15, -0.1) is 0 Å². The Hall–Kier alpha value is -2.44. The van der Waals surface area contributed by atoms with E-state index >= 15 is 0 Å². The van der Waals surface area contributed by atoms with Gasteiger partial charge in [-0.3, -0.25) is 4.79 Å². The van der Waals surface area contributed by atoms with Gasteiger partial charge in [-0.2, -0.15) is 11.3 Å². The number of nitrogens with zero attached hydrogens (tertiary/aromatic N) is 1. The number of aromatic amines is 1. The summed E-state index contributed by atoms with van der Waals surface area (Å²) in [6.07, 6.45) is 1.68. The predicted molar refractivity (Wildman–Crippen MR) is 87.4 cm³/mol. The van der Waals surface area contributed by atoms with Crippen LogP contribution in [0.25, 0.3) is 22.0 Å². The highest BCUT2D eigenvalue weighted by Gasteiger charge is 2.10. The summed E-state index contributed by atoms with van der Waals surface area (Å²) in [6.45, 7) is 0. The molecule has 0 amide bonds. The molecule has 0 saturated heterocycles. The van der Waals surface area contributed by atoms with Gasteiger partial charge in [0, 0.05) is 0 Å². The van der Waals surface area contributed by atoms with Gasteiger partial charge in [0.1, 0.15) is 0 Å². The molecule has 0 radical (unpaired) electrons. The summed E-state index contributed by atoms with van der Waals surface area (Å²) in [5.41, 5.74) is 0.885. The summed E-state index contributed by atoms with van der Waals surface area (Å²) in [4.78, 5) is 29.9. The Morgan fingerprint density at radius 3 is 2.86 bits per heavy atom. The molecule has 0 atom stereocenters. The quantitative estimate of drug-likeness (QED) is 0.769. The average molecular weight is 333 g/mol. The molecule has 0 saturated carbocycles. The summed E-state index contributed by atoms with van der Waals surface area (Å²) in [6, 6.07) is 6.04. The second kappa shape index (κ2) is 5.75. The Bertz CT molecular complexity index is 945.